The average Bonchev–Trinajstić information content (AvgIpc) is 3.23. The molecule has 2 atom stereocenters. The van der Waals surface area contributed by atoms with Gasteiger partial charge in [0.05, 0.1) is 0 Å². The highest BCUT2D eigenvalue weighted by molar-refractivity contribution is 5.93. The molecule has 6 heteroatoms. The number of likely N-dealkylation sites (tertiary alicyclic amines) is 1. The second-order valence-electron chi connectivity index (χ2n) is 5.77. The fourth-order valence-corrected chi connectivity index (χ4v) is 3.63. The summed E-state index contributed by atoms with van der Waals surface area (Å²) < 4.78 is 1.57. The number of pyridine rings is 1. The van der Waals surface area contributed by atoms with E-state index in [1.807, 2.05) is 17.0 Å². The molecule has 2 fully saturated rings. The van der Waals surface area contributed by atoms with Crippen LogP contribution >= 0.6 is 0 Å². The maximum atomic E-state index is 12.7. The Labute approximate surface area is 122 Å². The van der Waals surface area contributed by atoms with Gasteiger partial charge >= 0.3 is 0 Å². The van der Waals surface area contributed by atoms with Crippen molar-refractivity contribution in [1.82, 2.24) is 24.6 Å². The first kappa shape index (κ1) is 12.5. The summed E-state index contributed by atoms with van der Waals surface area (Å²) in [7, 11) is 0. The molecule has 2 aromatic heterocycles. The molecule has 0 aromatic carbocycles. The maximum absolute atomic E-state index is 12.7. The zero-order chi connectivity index (χ0) is 14.2. The van der Waals surface area contributed by atoms with Crippen LogP contribution in [-0.2, 0) is 0 Å². The Balaban J connectivity index is 1.61. The topological polar surface area (TPSA) is 63.9 Å². The summed E-state index contributed by atoms with van der Waals surface area (Å²) in [5.74, 6) is 1.37. The Bertz CT molecular complexity index is 654. The number of carbonyl (C=O) groups is 1. The summed E-state index contributed by atoms with van der Waals surface area (Å²) in [6, 6.07) is 5.88. The Hall–Kier alpha value is -2.24. The molecule has 1 saturated carbocycles. The quantitative estimate of drug-likeness (QED) is 0.841. The highest BCUT2D eigenvalue weighted by Gasteiger charge is 2.40. The van der Waals surface area contributed by atoms with Crippen molar-refractivity contribution in [1.29, 1.82) is 0 Å². The number of carbonyl (C=O) groups excluding carboxylic acids is 1. The van der Waals surface area contributed by atoms with E-state index in [2.05, 4.69) is 15.1 Å². The molecule has 1 saturated heterocycles. The van der Waals surface area contributed by atoms with Gasteiger partial charge in [0.2, 0.25) is 0 Å². The van der Waals surface area contributed by atoms with E-state index in [0.717, 1.165) is 19.4 Å². The average molecular weight is 283 g/mol. The summed E-state index contributed by atoms with van der Waals surface area (Å²) in [6.45, 7) is 0.864. The molecular weight excluding hydrogens is 266 g/mol. The van der Waals surface area contributed by atoms with Crippen molar-refractivity contribution in [2.75, 3.05) is 6.54 Å². The third kappa shape index (κ3) is 2.11. The summed E-state index contributed by atoms with van der Waals surface area (Å²) in [5.41, 5.74) is 0.496. The molecular formula is C15H17N5O. The van der Waals surface area contributed by atoms with E-state index in [1.54, 1.807) is 17.1 Å². The number of hydrogen-bond donors (Lipinski definition) is 0. The van der Waals surface area contributed by atoms with E-state index in [-0.39, 0.29) is 5.91 Å². The van der Waals surface area contributed by atoms with Gasteiger partial charge in [-0.25, -0.2) is 14.6 Å². The van der Waals surface area contributed by atoms with Crippen LogP contribution in [0.1, 0.15) is 36.2 Å². The van der Waals surface area contributed by atoms with E-state index < -0.39 is 0 Å². The SMILES string of the molecule is O=C(c1cccc(-n2cncn2)n1)N1CC[C@@H]2CCC[C@@H]21. The molecule has 2 aromatic rings. The highest BCUT2D eigenvalue weighted by atomic mass is 16.2. The van der Waals surface area contributed by atoms with Crippen molar-refractivity contribution in [2.45, 2.75) is 31.7 Å². The molecule has 21 heavy (non-hydrogen) atoms. The number of hydrogen-bond acceptors (Lipinski definition) is 4. The van der Waals surface area contributed by atoms with E-state index in [1.165, 1.54) is 19.2 Å². The van der Waals surface area contributed by atoms with Gasteiger partial charge in [-0.2, -0.15) is 5.10 Å². The molecule has 2 aliphatic rings. The normalized spacial score (nSPS) is 24.3. The molecule has 6 nitrogen and oxygen atoms in total. The van der Waals surface area contributed by atoms with Crippen LogP contribution in [0.3, 0.4) is 0 Å². The Morgan fingerprint density at radius 1 is 1.24 bits per heavy atom. The zero-order valence-electron chi connectivity index (χ0n) is 11.7. The maximum Gasteiger partial charge on any atom is 0.272 e. The summed E-state index contributed by atoms with van der Waals surface area (Å²) in [5, 5.41) is 4.06. The van der Waals surface area contributed by atoms with Crippen molar-refractivity contribution < 1.29 is 4.79 Å². The Morgan fingerprint density at radius 2 is 2.19 bits per heavy atom. The molecule has 0 N–H and O–H groups in total. The van der Waals surface area contributed by atoms with Gasteiger partial charge < -0.3 is 4.90 Å². The second kappa shape index (κ2) is 4.95. The first-order chi connectivity index (χ1) is 10.3. The standard InChI is InChI=1S/C15H17N5O/c21-15(19-8-7-11-3-1-5-13(11)19)12-4-2-6-14(18-12)20-10-16-9-17-20/h2,4,6,9-11,13H,1,3,5,7-8H2/t11-,13-/m0/s1. The van der Waals surface area contributed by atoms with Gasteiger partial charge in [-0.1, -0.05) is 12.5 Å². The van der Waals surface area contributed by atoms with Gasteiger partial charge in [0.15, 0.2) is 5.82 Å². The first-order valence-electron chi connectivity index (χ1n) is 7.46. The van der Waals surface area contributed by atoms with Crippen LogP contribution in [0, 0.1) is 5.92 Å². The number of aromatic nitrogens is 4. The molecule has 0 radical (unpaired) electrons. The van der Waals surface area contributed by atoms with Gasteiger partial charge in [-0.15, -0.1) is 0 Å². The summed E-state index contributed by atoms with van der Waals surface area (Å²) in [4.78, 5) is 23.1. The van der Waals surface area contributed by atoms with Gasteiger partial charge in [0.25, 0.3) is 5.91 Å². The zero-order valence-corrected chi connectivity index (χ0v) is 11.7. The molecule has 0 spiro atoms. The fourth-order valence-electron chi connectivity index (χ4n) is 3.63. The van der Waals surface area contributed by atoms with Crippen molar-refractivity contribution in [3.05, 3.63) is 36.5 Å². The molecule has 3 heterocycles. The molecule has 0 bridgehead atoms. The number of rotatable bonds is 2. The lowest BCUT2D eigenvalue weighted by molar-refractivity contribution is 0.0723. The minimum absolute atomic E-state index is 0.0476. The van der Waals surface area contributed by atoms with Crippen LogP contribution in [0.2, 0.25) is 0 Å². The lowest BCUT2D eigenvalue weighted by atomic mass is 10.0. The minimum atomic E-state index is 0.0476. The highest BCUT2D eigenvalue weighted by Crippen LogP contribution is 2.38. The van der Waals surface area contributed by atoms with E-state index in [4.69, 9.17) is 0 Å². The minimum Gasteiger partial charge on any atom is -0.334 e. The molecule has 4 rings (SSSR count). The summed E-state index contributed by atoms with van der Waals surface area (Å²) >= 11 is 0. The van der Waals surface area contributed by atoms with Crippen molar-refractivity contribution in [3.8, 4) is 5.82 Å². The second-order valence-corrected chi connectivity index (χ2v) is 5.77. The van der Waals surface area contributed by atoms with Crippen LogP contribution in [0.25, 0.3) is 5.82 Å². The van der Waals surface area contributed by atoms with Crippen LogP contribution in [0.4, 0.5) is 0 Å². The third-order valence-electron chi connectivity index (χ3n) is 4.63. The molecule has 1 aliphatic heterocycles. The smallest absolute Gasteiger partial charge is 0.272 e. The predicted molar refractivity (Wildman–Crippen MR) is 75.9 cm³/mol. The van der Waals surface area contributed by atoms with Crippen LogP contribution in [0.5, 0.6) is 0 Å². The van der Waals surface area contributed by atoms with E-state index in [9.17, 15) is 4.79 Å². The first-order valence-corrected chi connectivity index (χ1v) is 7.46. The largest absolute Gasteiger partial charge is 0.334 e. The van der Waals surface area contributed by atoms with Crippen LogP contribution in [-0.4, -0.2) is 43.1 Å². The molecule has 0 unspecified atom stereocenters. The van der Waals surface area contributed by atoms with E-state index >= 15 is 0 Å². The van der Waals surface area contributed by atoms with Gasteiger partial charge in [-0.05, 0) is 37.3 Å². The molecule has 1 aliphatic carbocycles. The van der Waals surface area contributed by atoms with Gasteiger partial charge in [0, 0.05) is 12.6 Å². The van der Waals surface area contributed by atoms with Crippen LogP contribution in [0.15, 0.2) is 30.9 Å². The lowest BCUT2D eigenvalue weighted by Gasteiger charge is -2.23. The predicted octanol–water partition coefficient (Wildman–Crippen LogP) is 1.68. The van der Waals surface area contributed by atoms with Crippen LogP contribution < -0.4 is 0 Å². The molecule has 1 amide bonds. The van der Waals surface area contributed by atoms with Gasteiger partial charge in [-0.3, -0.25) is 4.79 Å². The Kier molecular flexibility index (Phi) is 2.94. The summed E-state index contributed by atoms with van der Waals surface area (Å²) in [6.07, 6.45) is 7.82. The van der Waals surface area contributed by atoms with E-state index in [0.29, 0.717) is 23.5 Å². The van der Waals surface area contributed by atoms with Crippen molar-refractivity contribution >= 4 is 5.91 Å². The third-order valence-corrected chi connectivity index (χ3v) is 4.63. The van der Waals surface area contributed by atoms with Crippen molar-refractivity contribution in [2.24, 2.45) is 5.92 Å². The van der Waals surface area contributed by atoms with Gasteiger partial charge in [0.1, 0.15) is 18.3 Å². The monoisotopic (exact) mass is 283 g/mol. The van der Waals surface area contributed by atoms with Crippen molar-refractivity contribution in [3.63, 3.8) is 0 Å². The fraction of sp³-hybridized carbons (Fsp3) is 0.467. The lowest BCUT2D eigenvalue weighted by Crippen LogP contribution is -2.36. The Morgan fingerprint density at radius 3 is 3.05 bits per heavy atom. The number of nitrogens with zero attached hydrogens (tertiary/aromatic N) is 5. The number of fused-ring (bicyclic) bond motifs is 1. The molecule has 108 valence electrons. The number of amides is 1.